The molecule has 0 atom stereocenters. The van der Waals surface area contributed by atoms with Crippen molar-refractivity contribution in [2.75, 3.05) is 18.4 Å². The number of hydrogen-bond acceptors (Lipinski definition) is 4. The minimum Gasteiger partial charge on any atom is -0.381 e. The summed E-state index contributed by atoms with van der Waals surface area (Å²) >= 11 is 0. The van der Waals surface area contributed by atoms with Gasteiger partial charge < -0.3 is 5.32 Å². The average Bonchev–Trinajstić information content (AvgIpc) is 2.64. The van der Waals surface area contributed by atoms with Crippen LogP contribution in [0, 0.1) is 0 Å². The van der Waals surface area contributed by atoms with Crippen molar-refractivity contribution in [1.29, 1.82) is 0 Å². The number of nitrogens with zero attached hydrogens (tertiary/aromatic N) is 2. The van der Waals surface area contributed by atoms with Crippen molar-refractivity contribution < 1.29 is 8.42 Å². The number of aromatic nitrogens is 1. The van der Waals surface area contributed by atoms with Crippen LogP contribution in [0.2, 0.25) is 0 Å². The Balaban J connectivity index is 1.61. The number of rotatable bonds is 6. The Hall–Kier alpha value is -1.92. The highest BCUT2D eigenvalue weighted by Gasteiger charge is 2.29. The van der Waals surface area contributed by atoms with E-state index in [4.69, 9.17) is 0 Å². The van der Waals surface area contributed by atoms with E-state index in [0.717, 1.165) is 31.4 Å². The summed E-state index contributed by atoms with van der Waals surface area (Å²) < 4.78 is 27.2. The van der Waals surface area contributed by atoms with Gasteiger partial charge in [-0.15, -0.1) is 0 Å². The summed E-state index contributed by atoms with van der Waals surface area (Å²) in [5, 5.41) is 3.43. The number of aryl methyl sites for hydroxylation is 1. The molecule has 1 aliphatic heterocycles. The molecule has 0 aliphatic carbocycles. The highest BCUT2D eigenvalue weighted by Crippen LogP contribution is 2.23. The third-order valence-electron chi connectivity index (χ3n) is 4.59. The van der Waals surface area contributed by atoms with Crippen LogP contribution in [0.5, 0.6) is 0 Å². The minimum atomic E-state index is -3.40. The minimum absolute atomic E-state index is 0.280. The van der Waals surface area contributed by atoms with Crippen LogP contribution in [0.3, 0.4) is 0 Å². The van der Waals surface area contributed by atoms with Crippen LogP contribution in [-0.4, -0.2) is 36.8 Å². The monoisotopic (exact) mass is 359 g/mol. The second-order valence-electron chi connectivity index (χ2n) is 6.46. The standard InChI is InChI=1S/C19H25N3O2S/c1-2-4-16-6-8-19(9-7-16)25(23,24)22-13-10-17(11-14-22)21-18-5-3-12-20-15-18/h3,5-9,12,15,17,21H,2,4,10-11,13-14H2,1H3. The fourth-order valence-electron chi connectivity index (χ4n) is 3.19. The van der Waals surface area contributed by atoms with Gasteiger partial charge in [-0.3, -0.25) is 4.98 Å². The normalized spacial score (nSPS) is 16.7. The number of nitrogens with one attached hydrogen (secondary N) is 1. The summed E-state index contributed by atoms with van der Waals surface area (Å²) in [7, 11) is -3.40. The van der Waals surface area contributed by atoms with Gasteiger partial charge >= 0.3 is 0 Å². The fraction of sp³-hybridized carbons (Fsp3) is 0.421. The van der Waals surface area contributed by atoms with E-state index in [1.807, 2.05) is 24.3 Å². The molecule has 0 unspecified atom stereocenters. The third-order valence-corrected chi connectivity index (χ3v) is 6.50. The first-order chi connectivity index (χ1) is 12.1. The number of sulfonamides is 1. The molecule has 1 N–H and O–H groups in total. The fourth-order valence-corrected chi connectivity index (χ4v) is 4.66. The van der Waals surface area contributed by atoms with E-state index in [-0.39, 0.29) is 6.04 Å². The van der Waals surface area contributed by atoms with Crippen molar-refractivity contribution in [3.8, 4) is 0 Å². The Bertz CT molecular complexity index is 768. The van der Waals surface area contributed by atoms with E-state index in [9.17, 15) is 8.42 Å². The van der Waals surface area contributed by atoms with Crippen LogP contribution in [0.1, 0.15) is 31.7 Å². The van der Waals surface area contributed by atoms with Gasteiger partial charge in [-0.25, -0.2) is 8.42 Å². The summed E-state index contributed by atoms with van der Waals surface area (Å²) in [6.45, 7) is 3.20. The Labute approximate surface area is 150 Å². The maximum atomic E-state index is 12.8. The largest absolute Gasteiger partial charge is 0.381 e. The van der Waals surface area contributed by atoms with Gasteiger partial charge in [-0.05, 0) is 49.1 Å². The van der Waals surface area contributed by atoms with Gasteiger partial charge in [0.1, 0.15) is 0 Å². The van der Waals surface area contributed by atoms with Crippen molar-refractivity contribution in [2.45, 2.75) is 43.5 Å². The van der Waals surface area contributed by atoms with Gasteiger partial charge in [-0.1, -0.05) is 25.5 Å². The van der Waals surface area contributed by atoms with Crippen molar-refractivity contribution >= 4 is 15.7 Å². The van der Waals surface area contributed by atoms with Gasteiger partial charge in [0.25, 0.3) is 0 Å². The van der Waals surface area contributed by atoms with Gasteiger partial charge in [-0.2, -0.15) is 4.31 Å². The molecule has 2 aromatic rings. The predicted molar refractivity (Wildman–Crippen MR) is 100 cm³/mol. The van der Waals surface area contributed by atoms with Crippen LogP contribution in [-0.2, 0) is 16.4 Å². The SMILES string of the molecule is CCCc1ccc(S(=O)(=O)N2CCC(Nc3cccnc3)CC2)cc1. The zero-order valence-corrected chi connectivity index (χ0v) is 15.4. The molecule has 0 radical (unpaired) electrons. The highest BCUT2D eigenvalue weighted by atomic mass is 32.2. The van der Waals surface area contributed by atoms with Crippen molar-refractivity contribution in [3.63, 3.8) is 0 Å². The third kappa shape index (κ3) is 4.38. The second kappa shape index (κ2) is 7.97. The molecular formula is C19H25N3O2S. The molecule has 1 aromatic heterocycles. The molecule has 2 heterocycles. The molecule has 25 heavy (non-hydrogen) atoms. The molecule has 0 amide bonds. The molecule has 1 aromatic carbocycles. The molecule has 0 saturated carbocycles. The summed E-state index contributed by atoms with van der Waals surface area (Å²) in [5.41, 5.74) is 2.16. The van der Waals surface area contributed by atoms with E-state index < -0.39 is 10.0 Å². The van der Waals surface area contributed by atoms with Crippen molar-refractivity contribution in [2.24, 2.45) is 0 Å². The van der Waals surface area contributed by atoms with Gasteiger partial charge in [0, 0.05) is 31.5 Å². The molecule has 5 nitrogen and oxygen atoms in total. The quantitative estimate of drug-likeness (QED) is 0.860. The van der Waals surface area contributed by atoms with Crippen molar-refractivity contribution in [1.82, 2.24) is 9.29 Å². The van der Waals surface area contributed by atoms with Crippen molar-refractivity contribution in [3.05, 3.63) is 54.4 Å². The first kappa shape index (κ1) is 17.9. The molecule has 134 valence electrons. The molecule has 3 rings (SSSR count). The van der Waals surface area contributed by atoms with E-state index in [1.165, 1.54) is 5.56 Å². The first-order valence-electron chi connectivity index (χ1n) is 8.85. The second-order valence-corrected chi connectivity index (χ2v) is 8.40. The lowest BCUT2D eigenvalue weighted by atomic mass is 10.1. The molecule has 6 heteroatoms. The number of hydrogen-bond donors (Lipinski definition) is 1. The van der Waals surface area contributed by atoms with Crippen LogP contribution in [0.15, 0.2) is 53.7 Å². The van der Waals surface area contributed by atoms with E-state index in [0.29, 0.717) is 18.0 Å². The molecule has 1 saturated heterocycles. The Morgan fingerprint density at radius 1 is 1.16 bits per heavy atom. The lowest BCUT2D eigenvalue weighted by molar-refractivity contribution is 0.329. The van der Waals surface area contributed by atoms with E-state index in [2.05, 4.69) is 17.2 Å². The van der Waals surface area contributed by atoms with E-state index in [1.54, 1.807) is 28.8 Å². The molecule has 0 spiro atoms. The summed E-state index contributed by atoms with van der Waals surface area (Å²) in [6.07, 6.45) is 7.16. The number of benzene rings is 1. The smallest absolute Gasteiger partial charge is 0.243 e. The molecule has 0 bridgehead atoms. The molecule has 1 fully saturated rings. The summed E-state index contributed by atoms with van der Waals surface area (Å²) in [6, 6.07) is 11.5. The maximum absolute atomic E-state index is 12.8. The Kier molecular flexibility index (Phi) is 5.71. The number of pyridine rings is 1. The van der Waals surface area contributed by atoms with Gasteiger partial charge in [0.05, 0.1) is 10.6 Å². The highest BCUT2D eigenvalue weighted by molar-refractivity contribution is 7.89. The van der Waals surface area contributed by atoms with Crippen LogP contribution < -0.4 is 5.32 Å². The lowest BCUT2D eigenvalue weighted by Crippen LogP contribution is -2.42. The Morgan fingerprint density at radius 3 is 2.48 bits per heavy atom. The summed E-state index contributed by atoms with van der Waals surface area (Å²) in [4.78, 5) is 4.49. The first-order valence-corrected chi connectivity index (χ1v) is 10.3. The topological polar surface area (TPSA) is 62.3 Å². The lowest BCUT2D eigenvalue weighted by Gasteiger charge is -2.32. The zero-order valence-electron chi connectivity index (χ0n) is 14.6. The molecule has 1 aliphatic rings. The maximum Gasteiger partial charge on any atom is 0.243 e. The van der Waals surface area contributed by atoms with E-state index >= 15 is 0 Å². The van der Waals surface area contributed by atoms with Crippen LogP contribution >= 0.6 is 0 Å². The molecular weight excluding hydrogens is 334 g/mol. The zero-order chi connectivity index (χ0) is 17.7. The number of anilines is 1. The van der Waals surface area contributed by atoms with Crippen LogP contribution in [0.4, 0.5) is 5.69 Å². The summed E-state index contributed by atoms with van der Waals surface area (Å²) in [5.74, 6) is 0. The number of piperidine rings is 1. The average molecular weight is 359 g/mol. The van der Waals surface area contributed by atoms with Gasteiger partial charge in [0.15, 0.2) is 0 Å². The Morgan fingerprint density at radius 2 is 1.88 bits per heavy atom. The van der Waals surface area contributed by atoms with Crippen LogP contribution in [0.25, 0.3) is 0 Å². The van der Waals surface area contributed by atoms with Gasteiger partial charge in [0.2, 0.25) is 10.0 Å². The predicted octanol–water partition coefficient (Wildman–Crippen LogP) is 3.30.